The summed E-state index contributed by atoms with van der Waals surface area (Å²) in [5, 5.41) is 18.0. The van der Waals surface area contributed by atoms with Crippen molar-refractivity contribution in [2.75, 3.05) is 19.7 Å². The summed E-state index contributed by atoms with van der Waals surface area (Å²) in [7, 11) is 0. The SMILES string of the molecule is CC1CC(O)CN1CCCCCO. The summed E-state index contributed by atoms with van der Waals surface area (Å²) in [4.78, 5) is 2.34. The molecule has 1 rings (SSSR count). The lowest BCUT2D eigenvalue weighted by Gasteiger charge is -2.20. The molecular formula is C10H21NO2. The number of aliphatic hydroxyl groups excluding tert-OH is 2. The third-order valence-corrected chi connectivity index (χ3v) is 2.79. The van der Waals surface area contributed by atoms with Gasteiger partial charge in [0.1, 0.15) is 0 Å². The Labute approximate surface area is 80.4 Å². The molecule has 0 saturated carbocycles. The number of nitrogens with zero attached hydrogens (tertiary/aromatic N) is 1. The van der Waals surface area contributed by atoms with Crippen LogP contribution in [0.25, 0.3) is 0 Å². The standard InChI is InChI=1S/C10H21NO2/c1-9-7-10(13)8-11(9)5-3-2-4-6-12/h9-10,12-13H,2-8H2,1H3. The average Bonchev–Trinajstić information content (AvgIpc) is 2.39. The number of hydrogen-bond acceptors (Lipinski definition) is 3. The first-order valence-electron chi connectivity index (χ1n) is 5.27. The fourth-order valence-corrected chi connectivity index (χ4v) is 1.98. The van der Waals surface area contributed by atoms with Crippen LogP contribution in [-0.2, 0) is 0 Å². The van der Waals surface area contributed by atoms with Crippen LogP contribution < -0.4 is 0 Å². The van der Waals surface area contributed by atoms with E-state index in [1.807, 2.05) is 0 Å². The average molecular weight is 187 g/mol. The fraction of sp³-hybridized carbons (Fsp3) is 1.00. The van der Waals surface area contributed by atoms with Gasteiger partial charge >= 0.3 is 0 Å². The smallest absolute Gasteiger partial charge is 0.0682 e. The van der Waals surface area contributed by atoms with Gasteiger partial charge in [0.05, 0.1) is 6.10 Å². The fourth-order valence-electron chi connectivity index (χ4n) is 1.98. The summed E-state index contributed by atoms with van der Waals surface area (Å²) >= 11 is 0. The van der Waals surface area contributed by atoms with Gasteiger partial charge in [0.25, 0.3) is 0 Å². The number of hydrogen-bond donors (Lipinski definition) is 2. The Morgan fingerprint density at radius 2 is 2.08 bits per heavy atom. The molecule has 0 aromatic carbocycles. The Bertz CT molecular complexity index is 141. The Balaban J connectivity index is 2.07. The lowest BCUT2D eigenvalue weighted by atomic mass is 10.2. The minimum absolute atomic E-state index is 0.118. The second-order valence-corrected chi connectivity index (χ2v) is 4.02. The van der Waals surface area contributed by atoms with Gasteiger partial charge in [-0.15, -0.1) is 0 Å². The minimum Gasteiger partial charge on any atom is -0.396 e. The van der Waals surface area contributed by atoms with E-state index in [4.69, 9.17) is 5.11 Å². The Hall–Kier alpha value is -0.120. The van der Waals surface area contributed by atoms with E-state index in [0.717, 1.165) is 38.8 Å². The van der Waals surface area contributed by atoms with E-state index in [9.17, 15) is 5.11 Å². The third-order valence-electron chi connectivity index (χ3n) is 2.79. The molecule has 1 fully saturated rings. The maximum absolute atomic E-state index is 9.39. The van der Waals surface area contributed by atoms with Crippen LogP contribution >= 0.6 is 0 Å². The van der Waals surface area contributed by atoms with E-state index in [1.165, 1.54) is 0 Å². The van der Waals surface area contributed by atoms with Gasteiger partial charge in [0, 0.05) is 19.2 Å². The molecule has 1 aliphatic rings. The van der Waals surface area contributed by atoms with Crippen molar-refractivity contribution in [2.45, 2.75) is 44.8 Å². The van der Waals surface area contributed by atoms with Crippen LogP contribution in [0.15, 0.2) is 0 Å². The van der Waals surface area contributed by atoms with Crippen molar-refractivity contribution in [1.29, 1.82) is 0 Å². The highest BCUT2D eigenvalue weighted by Gasteiger charge is 2.26. The lowest BCUT2D eigenvalue weighted by molar-refractivity contribution is 0.174. The van der Waals surface area contributed by atoms with Crippen molar-refractivity contribution < 1.29 is 10.2 Å². The third kappa shape index (κ3) is 3.63. The van der Waals surface area contributed by atoms with Crippen molar-refractivity contribution in [2.24, 2.45) is 0 Å². The number of rotatable bonds is 5. The largest absolute Gasteiger partial charge is 0.396 e. The molecule has 2 N–H and O–H groups in total. The molecule has 0 bridgehead atoms. The predicted octanol–water partition coefficient (Wildman–Crippen LogP) is 0.604. The van der Waals surface area contributed by atoms with Crippen LogP contribution in [0.1, 0.15) is 32.6 Å². The van der Waals surface area contributed by atoms with E-state index in [-0.39, 0.29) is 6.10 Å². The van der Waals surface area contributed by atoms with Gasteiger partial charge in [0.2, 0.25) is 0 Å². The number of β-amino-alcohol motifs (C(OH)–C–C–N with tert-alkyl or cyclic N) is 1. The van der Waals surface area contributed by atoms with Crippen LogP contribution in [0.5, 0.6) is 0 Å². The van der Waals surface area contributed by atoms with Crippen molar-refractivity contribution >= 4 is 0 Å². The molecule has 1 saturated heterocycles. The zero-order valence-electron chi connectivity index (χ0n) is 8.45. The Kier molecular flexibility index (Phi) is 4.70. The van der Waals surface area contributed by atoms with Crippen LogP contribution in [0.2, 0.25) is 0 Å². The second-order valence-electron chi connectivity index (χ2n) is 4.02. The summed E-state index contributed by atoms with van der Waals surface area (Å²) in [6, 6.07) is 0.532. The van der Waals surface area contributed by atoms with Crippen molar-refractivity contribution in [3.8, 4) is 0 Å². The van der Waals surface area contributed by atoms with Crippen molar-refractivity contribution in [3.63, 3.8) is 0 Å². The van der Waals surface area contributed by atoms with Gasteiger partial charge in [-0.05, 0) is 39.2 Å². The maximum Gasteiger partial charge on any atom is 0.0682 e. The highest BCUT2D eigenvalue weighted by Crippen LogP contribution is 2.17. The van der Waals surface area contributed by atoms with Crippen LogP contribution in [0.3, 0.4) is 0 Å². The molecule has 2 unspecified atom stereocenters. The normalized spacial score (nSPS) is 29.8. The molecule has 0 aromatic rings. The van der Waals surface area contributed by atoms with Crippen LogP contribution in [0.4, 0.5) is 0 Å². The molecule has 3 nitrogen and oxygen atoms in total. The minimum atomic E-state index is -0.118. The molecule has 0 aromatic heterocycles. The number of aliphatic hydroxyl groups is 2. The first-order chi connectivity index (χ1) is 6.24. The Morgan fingerprint density at radius 1 is 1.31 bits per heavy atom. The van der Waals surface area contributed by atoms with E-state index in [2.05, 4.69) is 11.8 Å². The monoisotopic (exact) mass is 187 g/mol. The molecule has 13 heavy (non-hydrogen) atoms. The molecule has 0 amide bonds. The maximum atomic E-state index is 9.39. The summed E-state index contributed by atoms with van der Waals surface area (Å²) in [6.45, 7) is 4.37. The van der Waals surface area contributed by atoms with Gasteiger partial charge in [0.15, 0.2) is 0 Å². The van der Waals surface area contributed by atoms with Gasteiger partial charge in [-0.1, -0.05) is 0 Å². The summed E-state index contributed by atoms with van der Waals surface area (Å²) in [5.41, 5.74) is 0. The van der Waals surface area contributed by atoms with Crippen LogP contribution in [0, 0.1) is 0 Å². The van der Waals surface area contributed by atoms with E-state index < -0.39 is 0 Å². The van der Waals surface area contributed by atoms with E-state index in [0.29, 0.717) is 12.6 Å². The molecule has 1 heterocycles. The lowest BCUT2D eigenvalue weighted by Crippen LogP contribution is -2.28. The summed E-state index contributed by atoms with van der Waals surface area (Å²) in [6.07, 6.45) is 3.94. The molecule has 1 aliphatic heterocycles. The molecular weight excluding hydrogens is 166 g/mol. The van der Waals surface area contributed by atoms with Gasteiger partial charge in [-0.25, -0.2) is 0 Å². The zero-order chi connectivity index (χ0) is 9.68. The van der Waals surface area contributed by atoms with E-state index in [1.54, 1.807) is 0 Å². The topological polar surface area (TPSA) is 43.7 Å². The summed E-state index contributed by atoms with van der Waals surface area (Å²) in [5.74, 6) is 0. The molecule has 2 atom stereocenters. The quantitative estimate of drug-likeness (QED) is 0.620. The van der Waals surface area contributed by atoms with E-state index >= 15 is 0 Å². The van der Waals surface area contributed by atoms with Crippen molar-refractivity contribution in [3.05, 3.63) is 0 Å². The predicted molar refractivity (Wildman–Crippen MR) is 52.6 cm³/mol. The van der Waals surface area contributed by atoms with Gasteiger partial charge in [-0.3, -0.25) is 4.90 Å². The molecule has 0 spiro atoms. The second kappa shape index (κ2) is 5.58. The number of unbranched alkanes of at least 4 members (excludes halogenated alkanes) is 2. The first-order valence-corrected chi connectivity index (χ1v) is 5.27. The molecule has 0 radical (unpaired) electrons. The molecule has 0 aliphatic carbocycles. The Morgan fingerprint density at radius 3 is 2.62 bits per heavy atom. The van der Waals surface area contributed by atoms with Crippen molar-refractivity contribution in [1.82, 2.24) is 4.90 Å². The first kappa shape index (κ1) is 11.0. The highest BCUT2D eigenvalue weighted by atomic mass is 16.3. The highest BCUT2D eigenvalue weighted by molar-refractivity contribution is 4.81. The van der Waals surface area contributed by atoms with Gasteiger partial charge < -0.3 is 10.2 Å². The summed E-state index contributed by atoms with van der Waals surface area (Å²) < 4.78 is 0. The molecule has 78 valence electrons. The zero-order valence-corrected chi connectivity index (χ0v) is 8.45. The number of likely N-dealkylation sites (tertiary alicyclic amines) is 1. The van der Waals surface area contributed by atoms with Gasteiger partial charge in [-0.2, -0.15) is 0 Å². The molecule has 3 heteroatoms. The van der Waals surface area contributed by atoms with Crippen LogP contribution in [-0.4, -0.2) is 47.0 Å².